The van der Waals surface area contributed by atoms with Crippen molar-refractivity contribution in [3.8, 4) is 0 Å². The van der Waals surface area contributed by atoms with Crippen LogP contribution in [0.25, 0.3) is 0 Å². The van der Waals surface area contributed by atoms with Crippen LogP contribution in [0.5, 0.6) is 0 Å². The Balaban J connectivity index is 0.000000192. The van der Waals surface area contributed by atoms with Gasteiger partial charge in [0.1, 0.15) is 0 Å². The average molecular weight is 305 g/mol. The lowest BCUT2D eigenvalue weighted by atomic mass is 10.1. The summed E-state index contributed by atoms with van der Waals surface area (Å²) in [6.07, 6.45) is 6.25. The molecule has 0 amide bonds. The molecular weight excluding hydrogens is 286 g/mol. The Labute approximate surface area is 128 Å². The number of fused-ring (bicyclic) bond motifs is 1. The molecule has 2 aliphatic heterocycles. The molecule has 3 rings (SSSR count). The molecule has 7 heteroatoms. The molecule has 22 heavy (non-hydrogen) atoms. The highest BCUT2D eigenvalue weighted by molar-refractivity contribution is 5.89. The van der Waals surface area contributed by atoms with Crippen LogP contribution in [0.3, 0.4) is 0 Å². The minimum Gasteiger partial charge on any atom is -0.478 e. The van der Waals surface area contributed by atoms with Crippen molar-refractivity contribution in [2.24, 2.45) is 5.92 Å². The first-order valence-electron chi connectivity index (χ1n) is 7.09. The standard InChI is InChI=1S/C11H15N3.C4H4O4/c1-2-10(7-12-4-1)14-5-3-9-6-13-8-11(9)14;5-3(6)1-2-4(7)8/h1-2,4,7,9,11,13H,3,5-6,8H2;1-2H,(H,5,6)(H,7,8)/t9-,11+;/m1./s1. The van der Waals surface area contributed by atoms with Crippen molar-refractivity contribution in [2.45, 2.75) is 12.5 Å². The first-order chi connectivity index (χ1) is 10.6. The molecule has 0 spiro atoms. The largest absolute Gasteiger partial charge is 0.478 e. The fraction of sp³-hybridized carbons (Fsp3) is 0.400. The van der Waals surface area contributed by atoms with E-state index < -0.39 is 11.9 Å². The summed E-state index contributed by atoms with van der Waals surface area (Å²) < 4.78 is 0. The summed E-state index contributed by atoms with van der Waals surface area (Å²) in [4.78, 5) is 25.8. The minimum absolute atomic E-state index is 0.558. The molecule has 0 bridgehead atoms. The van der Waals surface area contributed by atoms with E-state index in [4.69, 9.17) is 10.2 Å². The highest BCUT2D eigenvalue weighted by Crippen LogP contribution is 2.31. The van der Waals surface area contributed by atoms with Gasteiger partial charge in [-0.1, -0.05) is 0 Å². The topological polar surface area (TPSA) is 103 Å². The van der Waals surface area contributed by atoms with Gasteiger partial charge in [0.05, 0.1) is 11.9 Å². The van der Waals surface area contributed by atoms with Crippen LogP contribution in [0, 0.1) is 5.92 Å². The average Bonchev–Trinajstić information content (AvgIpc) is 3.09. The Morgan fingerprint density at radius 3 is 2.59 bits per heavy atom. The van der Waals surface area contributed by atoms with E-state index in [1.54, 1.807) is 0 Å². The molecule has 2 saturated heterocycles. The van der Waals surface area contributed by atoms with Gasteiger partial charge in [0.25, 0.3) is 0 Å². The van der Waals surface area contributed by atoms with E-state index in [0.29, 0.717) is 18.2 Å². The number of nitrogens with one attached hydrogen (secondary N) is 1. The summed E-state index contributed by atoms with van der Waals surface area (Å²) in [6, 6.07) is 4.89. The van der Waals surface area contributed by atoms with E-state index in [0.717, 1.165) is 12.5 Å². The van der Waals surface area contributed by atoms with Gasteiger partial charge in [-0.25, -0.2) is 9.59 Å². The molecule has 118 valence electrons. The highest BCUT2D eigenvalue weighted by atomic mass is 16.4. The monoisotopic (exact) mass is 305 g/mol. The number of hydrogen-bond acceptors (Lipinski definition) is 5. The number of anilines is 1. The van der Waals surface area contributed by atoms with Crippen LogP contribution in [-0.4, -0.2) is 52.8 Å². The summed E-state index contributed by atoms with van der Waals surface area (Å²) in [5.74, 6) is -1.66. The van der Waals surface area contributed by atoms with Gasteiger partial charge in [-0.3, -0.25) is 4.98 Å². The predicted octanol–water partition coefficient (Wildman–Crippen LogP) is 0.592. The van der Waals surface area contributed by atoms with E-state index in [9.17, 15) is 9.59 Å². The van der Waals surface area contributed by atoms with Crippen molar-refractivity contribution >= 4 is 17.6 Å². The summed E-state index contributed by atoms with van der Waals surface area (Å²) in [7, 11) is 0. The summed E-state index contributed by atoms with van der Waals surface area (Å²) in [5.41, 5.74) is 1.28. The number of hydrogen-bond donors (Lipinski definition) is 3. The third-order valence-electron chi connectivity index (χ3n) is 3.79. The molecule has 2 atom stereocenters. The molecule has 7 nitrogen and oxygen atoms in total. The second-order valence-electron chi connectivity index (χ2n) is 5.19. The SMILES string of the molecule is O=C(O)C=CC(=O)O.c1cncc(N2CC[C@@H]3CNC[C@@H]32)c1. The maximum atomic E-state index is 9.55. The van der Waals surface area contributed by atoms with Crippen LogP contribution in [0.1, 0.15) is 6.42 Å². The minimum atomic E-state index is -1.26. The second-order valence-corrected chi connectivity index (χ2v) is 5.19. The molecule has 2 fully saturated rings. The number of aliphatic carboxylic acids is 2. The van der Waals surface area contributed by atoms with Crippen LogP contribution in [0.2, 0.25) is 0 Å². The molecule has 2 aliphatic rings. The molecule has 3 N–H and O–H groups in total. The van der Waals surface area contributed by atoms with Crippen molar-refractivity contribution in [3.63, 3.8) is 0 Å². The first-order valence-corrected chi connectivity index (χ1v) is 7.09. The number of rotatable bonds is 3. The molecule has 0 saturated carbocycles. The number of carbonyl (C=O) groups is 2. The fourth-order valence-electron chi connectivity index (χ4n) is 2.84. The molecule has 1 aromatic heterocycles. The van der Waals surface area contributed by atoms with Gasteiger partial charge < -0.3 is 20.4 Å². The van der Waals surface area contributed by atoms with Crippen LogP contribution in [0.15, 0.2) is 36.7 Å². The van der Waals surface area contributed by atoms with Crippen molar-refractivity contribution in [3.05, 3.63) is 36.7 Å². The van der Waals surface area contributed by atoms with E-state index in [2.05, 4.69) is 21.3 Å². The van der Waals surface area contributed by atoms with Gasteiger partial charge in [-0.15, -0.1) is 0 Å². The van der Waals surface area contributed by atoms with Crippen LogP contribution in [0.4, 0.5) is 5.69 Å². The Kier molecular flexibility index (Phi) is 5.48. The van der Waals surface area contributed by atoms with Crippen molar-refractivity contribution < 1.29 is 19.8 Å². The predicted molar refractivity (Wildman–Crippen MR) is 80.8 cm³/mol. The number of pyridine rings is 1. The Bertz CT molecular complexity index is 531. The molecule has 1 aromatic rings. The first kappa shape index (κ1) is 16.0. The van der Waals surface area contributed by atoms with Gasteiger partial charge in [-0.2, -0.15) is 0 Å². The van der Waals surface area contributed by atoms with Gasteiger partial charge in [0.2, 0.25) is 0 Å². The number of aromatic nitrogens is 1. The summed E-state index contributed by atoms with van der Waals surface area (Å²) in [5, 5.41) is 19.1. The lowest BCUT2D eigenvalue weighted by Crippen LogP contribution is -2.34. The smallest absolute Gasteiger partial charge is 0.328 e. The Morgan fingerprint density at radius 1 is 1.27 bits per heavy atom. The molecule has 0 aliphatic carbocycles. The lowest BCUT2D eigenvalue weighted by Gasteiger charge is -2.25. The van der Waals surface area contributed by atoms with Gasteiger partial charge >= 0.3 is 11.9 Å². The van der Waals surface area contributed by atoms with Crippen LogP contribution >= 0.6 is 0 Å². The van der Waals surface area contributed by atoms with E-state index in [1.165, 1.54) is 25.2 Å². The van der Waals surface area contributed by atoms with Gasteiger partial charge in [0, 0.05) is 44.0 Å². The Hall–Kier alpha value is -2.41. The molecule has 0 aromatic carbocycles. The third-order valence-corrected chi connectivity index (χ3v) is 3.79. The molecule has 0 radical (unpaired) electrons. The van der Waals surface area contributed by atoms with Gasteiger partial charge in [-0.05, 0) is 24.5 Å². The van der Waals surface area contributed by atoms with Crippen LogP contribution in [-0.2, 0) is 9.59 Å². The number of carboxylic acids is 2. The maximum absolute atomic E-state index is 9.55. The maximum Gasteiger partial charge on any atom is 0.328 e. The summed E-state index contributed by atoms with van der Waals surface area (Å²) >= 11 is 0. The van der Waals surface area contributed by atoms with Gasteiger partial charge in [0.15, 0.2) is 0 Å². The normalized spacial score (nSPS) is 23.0. The molecule has 0 unspecified atom stereocenters. The quantitative estimate of drug-likeness (QED) is 0.702. The number of nitrogens with zero attached hydrogens (tertiary/aromatic N) is 2. The third kappa shape index (κ3) is 4.29. The molecular formula is C15H19N3O4. The zero-order valence-corrected chi connectivity index (χ0v) is 12.1. The zero-order valence-electron chi connectivity index (χ0n) is 12.1. The lowest BCUT2D eigenvalue weighted by molar-refractivity contribution is -0.134. The highest BCUT2D eigenvalue weighted by Gasteiger charge is 2.37. The van der Waals surface area contributed by atoms with E-state index >= 15 is 0 Å². The Morgan fingerprint density at radius 2 is 2.00 bits per heavy atom. The zero-order chi connectivity index (χ0) is 15.9. The molecule has 3 heterocycles. The van der Waals surface area contributed by atoms with E-state index in [-0.39, 0.29) is 0 Å². The van der Waals surface area contributed by atoms with Crippen molar-refractivity contribution in [2.75, 3.05) is 24.5 Å². The second kappa shape index (κ2) is 7.56. The van der Waals surface area contributed by atoms with Crippen molar-refractivity contribution in [1.29, 1.82) is 0 Å². The van der Waals surface area contributed by atoms with E-state index in [1.807, 2.05) is 18.5 Å². The summed E-state index contributed by atoms with van der Waals surface area (Å²) in [6.45, 7) is 3.53. The van der Waals surface area contributed by atoms with Crippen LogP contribution < -0.4 is 10.2 Å². The van der Waals surface area contributed by atoms with Crippen molar-refractivity contribution in [1.82, 2.24) is 10.3 Å². The number of carboxylic acid groups (broad SMARTS) is 2. The fourth-order valence-corrected chi connectivity index (χ4v) is 2.84.